The first-order valence-corrected chi connectivity index (χ1v) is 13.3. The lowest BCUT2D eigenvalue weighted by Crippen LogP contribution is -2.51. The van der Waals surface area contributed by atoms with Crippen molar-refractivity contribution in [3.8, 4) is 5.75 Å². The number of allylic oxidation sites excluding steroid dienone is 6. The molecule has 0 amide bonds. The van der Waals surface area contributed by atoms with Gasteiger partial charge in [0.15, 0.2) is 0 Å². The Kier molecular flexibility index (Phi) is 7.70. The molecular weight excluding hydrogens is 432 g/mol. The fraction of sp³-hybridized carbons (Fsp3) is 0.419. The molecule has 0 bridgehead atoms. The van der Waals surface area contributed by atoms with E-state index in [9.17, 15) is 10.2 Å². The molecule has 1 heterocycles. The molecule has 2 N–H and O–H groups in total. The van der Waals surface area contributed by atoms with Crippen molar-refractivity contribution in [1.82, 2.24) is 9.80 Å². The summed E-state index contributed by atoms with van der Waals surface area (Å²) in [6.45, 7) is 4.83. The minimum Gasteiger partial charge on any atom is -0.508 e. The topological polar surface area (TPSA) is 46.9 Å². The SMILES string of the molecule is OCCC/C(=C(/C1=CC=C(N2CCN(C3CCC3)CC2)CC1)c1ccc(O)cc1)c1ccccc1. The standard InChI is InChI=1S/C31H38N2O2/c34-23-5-10-30(24-6-2-1-3-7-24)31(26-13-17-29(35)18-14-26)25-11-15-28(16-12-25)33-21-19-32(20-22-33)27-8-4-9-27/h1-3,6-7,11,13-15,17-18,27,34-35H,4-5,8-10,12,16,19-23H2/b31-30+. The van der Waals surface area contributed by atoms with Crippen LogP contribution in [0.3, 0.4) is 0 Å². The van der Waals surface area contributed by atoms with E-state index in [2.05, 4.69) is 46.2 Å². The van der Waals surface area contributed by atoms with Crippen molar-refractivity contribution in [3.05, 3.63) is 89.1 Å². The van der Waals surface area contributed by atoms with Crippen LogP contribution in [0.15, 0.2) is 78.0 Å². The Balaban J connectivity index is 1.45. The summed E-state index contributed by atoms with van der Waals surface area (Å²) in [5.41, 5.74) is 7.63. The molecule has 0 aromatic heterocycles. The van der Waals surface area contributed by atoms with E-state index in [1.54, 1.807) is 12.1 Å². The van der Waals surface area contributed by atoms with E-state index in [0.29, 0.717) is 0 Å². The number of rotatable bonds is 8. The highest BCUT2D eigenvalue weighted by Crippen LogP contribution is 2.40. The van der Waals surface area contributed by atoms with Gasteiger partial charge in [-0.15, -0.1) is 0 Å². The summed E-state index contributed by atoms with van der Waals surface area (Å²) in [4.78, 5) is 5.29. The lowest BCUT2D eigenvalue weighted by molar-refractivity contribution is 0.0733. The van der Waals surface area contributed by atoms with Gasteiger partial charge < -0.3 is 15.1 Å². The molecule has 2 fully saturated rings. The molecule has 0 spiro atoms. The van der Waals surface area contributed by atoms with E-state index in [1.165, 1.54) is 60.3 Å². The van der Waals surface area contributed by atoms with Gasteiger partial charge in [0.2, 0.25) is 0 Å². The van der Waals surface area contributed by atoms with Crippen molar-refractivity contribution in [3.63, 3.8) is 0 Å². The average molecular weight is 471 g/mol. The number of phenols is 1. The summed E-state index contributed by atoms with van der Waals surface area (Å²) in [5, 5.41) is 19.5. The van der Waals surface area contributed by atoms with Crippen molar-refractivity contribution in [2.75, 3.05) is 32.8 Å². The van der Waals surface area contributed by atoms with Gasteiger partial charge in [0.05, 0.1) is 0 Å². The first-order chi connectivity index (χ1) is 17.2. The van der Waals surface area contributed by atoms with Gasteiger partial charge in [-0.25, -0.2) is 0 Å². The molecule has 2 aromatic rings. The number of benzene rings is 2. The highest BCUT2D eigenvalue weighted by atomic mass is 16.3. The fourth-order valence-electron chi connectivity index (χ4n) is 5.71. The van der Waals surface area contributed by atoms with Crippen molar-refractivity contribution >= 4 is 11.1 Å². The Morgan fingerprint density at radius 3 is 2.17 bits per heavy atom. The quantitative estimate of drug-likeness (QED) is 0.475. The van der Waals surface area contributed by atoms with E-state index in [4.69, 9.17) is 0 Å². The largest absolute Gasteiger partial charge is 0.508 e. The molecule has 1 saturated heterocycles. The molecule has 184 valence electrons. The lowest BCUT2D eigenvalue weighted by Gasteiger charge is -2.44. The third-order valence-electron chi connectivity index (χ3n) is 7.92. The number of hydrogen-bond acceptors (Lipinski definition) is 4. The molecular formula is C31H38N2O2. The predicted octanol–water partition coefficient (Wildman–Crippen LogP) is 5.85. The smallest absolute Gasteiger partial charge is 0.115 e. The van der Waals surface area contributed by atoms with Crippen molar-refractivity contribution in [1.29, 1.82) is 0 Å². The number of aliphatic hydroxyl groups is 1. The zero-order valence-corrected chi connectivity index (χ0v) is 20.7. The second kappa shape index (κ2) is 11.3. The monoisotopic (exact) mass is 470 g/mol. The van der Waals surface area contributed by atoms with Gasteiger partial charge in [0.25, 0.3) is 0 Å². The lowest BCUT2D eigenvalue weighted by atomic mass is 9.83. The highest BCUT2D eigenvalue weighted by Gasteiger charge is 2.29. The molecule has 0 atom stereocenters. The van der Waals surface area contributed by atoms with Crippen molar-refractivity contribution in [2.24, 2.45) is 0 Å². The zero-order valence-electron chi connectivity index (χ0n) is 20.7. The van der Waals surface area contributed by atoms with Crippen LogP contribution < -0.4 is 0 Å². The van der Waals surface area contributed by atoms with Crippen molar-refractivity contribution in [2.45, 2.75) is 51.0 Å². The van der Waals surface area contributed by atoms with E-state index >= 15 is 0 Å². The second-order valence-electron chi connectivity index (χ2n) is 10.1. The molecule has 5 rings (SSSR count). The van der Waals surface area contributed by atoms with Gasteiger partial charge in [-0.1, -0.05) is 55.0 Å². The third-order valence-corrected chi connectivity index (χ3v) is 7.92. The Morgan fingerprint density at radius 2 is 1.57 bits per heavy atom. The number of aliphatic hydroxyl groups excluding tert-OH is 1. The number of hydrogen-bond donors (Lipinski definition) is 2. The van der Waals surface area contributed by atoms with Gasteiger partial charge in [-0.2, -0.15) is 0 Å². The summed E-state index contributed by atoms with van der Waals surface area (Å²) in [7, 11) is 0. The molecule has 2 aromatic carbocycles. The zero-order chi connectivity index (χ0) is 24.0. The second-order valence-corrected chi connectivity index (χ2v) is 10.1. The third kappa shape index (κ3) is 5.55. The number of phenolic OH excluding ortho intramolecular Hbond substituents is 1. The Labute approximate surface area is 209 Å². The van der Waals surface area contributed by atoms with Crippen LogP contribution in [0.2, 0.25) is 0 Å². The molecule has 4 nitrogen and oxygen atoms in total. The molecule has 35 heavy (non-hydrogen) atoms. The van der Waals surface area contributed by atoms with Gasteiger partial charge in [0, 0.05) is 44.5 Å². The maximum atomic E-state index is 9.91. The maximum Gasteiger partial charge on any atom is 0.115 e. The molecule has 3 aliphatic rings. The van der Waals surface area contributed by atoms with E-state index < -0.39 is 0 Å². The molecule has 4 heteroatoms. The summed E-state index contributed by atoms with van der Waals surface area (Å²) in [6.07, 6.45) is 12.4. The Morgan fingerprint density at radius 1 is 0.829 bits per heavy atom. The average Bonchev–Trinajstić information content (AvgIpc) is 2.88. The normalized spacial score (nSPS) is 20.1. The van der Waals surface area contributed by atoms with Crippen LogP contribution in [0.25, 0.3) is 11.1 Å². The number of aromatic hydroxyl groups is 1. The van der Waals surface area contributed by atoms with Crippen LogP contribution in [0.1, 0.15) is 56.1 Å². The van der Waals surface area contributed by atoms with Crippen LogP contribution in [0.5, 0.6) is 5.75 Å². The molecule has 0 radical (unpaired) electrons. The van der Waals surface area contributed by atoms with E-state index in [-0.39, 0.29) is 12.4 Å². The van der Waals surface area contributed by atoms with Gasteiger partial charge >= 0.3 is 0 Å². The van der Waals surface area contributed by atoms with Gasteiger partial charge in [-0.3, -0.25) is 4.90 Å². The summed E-state index contributed by atoms with van der Waals surface area (Å²) < 4.78 is 0. The maximum absolute atomic E-state index is 9.91. The predicted molar refractivity (Wildman–Crippen MR) is 144 cm³/mol. The van der Waals surface area contributed by atoms with E-state index in [1.807, 2.05) is 18.2 Å². The first-order valence-electron chi connectivity index (χ1n) is 13.3. The molecule has 2 aliphatic carbocycles. The van der Waals surface area contributed by atoms with Crippen LogP contribution in [0.4, 0.5) is 0 Å². The van der Waals surface area contributed by atoms with Crippen molar-refractivity contribution < 1.29 is 10.2 Å². The summed E-state index contributed by atoms with van der Waals surface area (Å²) in [6, 6.07) is 19.0. The van der Waals surface area contributed by atoms with Gasteiger partial charge in [-0.05, 0) is 84.6 Å². The number of piperazine rings is 1. The minimum atomic E-state index is 0.176. The Bertz CT molecular complexity index is 1070. The molecule has 0 unspecified atom stereocenters. The van der Waals surface area contributed by atoms with Crippen LogP contribution in [-0.2, 0) is 0 Å². The van der Waals surface area contributed by atoms with Crippen LogP contribution in [0, 0.1) is 0 Å². The fourth-order valence-corrected chi connectivity index (χ4v) is 5.71. The summed E-state index contributed by atoms with van der Waals surface area (Å²) in [5.74, 6) is 0.283. The van der Waals surface area contributed by atoms with Gasteiger partial charge in [0.1, 0.15) is 5.75 Å². The Hall–Kier alpha value is -2.82. The van der Waals surface area contributed by atoms with Crippen LogP contribution in [-0.4, -0.2) is 58.8 Å². The summed E-state index contributed by atoms with van der Waals surface area (Å²) >= 11 is 0. The van der Waals surface area contributed by atoms with E-state index in [0.717, 1.165) is 50.4 Å². The molecule has 1 saturated carbocycles. The molecule has 1 aliphatic heterocycles. The first kappa shape index (κ1) is 23.9. The minimum absolute atomic E-state index is 0.176. The highest BCUT2D eigenvalue weighted by molar-refractivity contribution is 5.98. The van der Waals surface area contributed by atoms with Crippen LogP contribution >= 0.6 is 0 Å². The number of nitrogens with zero attached hydrogens (tertiary/aromatic N) is 2.